The fourth-order valence-electron chi connectivity index (χ4n) is 2.88. The van der Waals surface area contributed by atoms with Gasteiger partial charge in [0.25, 0.3) is 0 Å². The van der Waals surface area contributed by atoms with Crippen molar-refractivity contribution in [3.05, 3.63) is 18.3 Å². The normalized spacial score (nSPS) is 20.3. The molecule has 104 valence electrons. The van der Waals surface area contributed by atoms with Crippen molar-refractivity contribution in [2.45, 2.75) is 31.7 Å². The van der Waals surface area contributed by atoms with Gasteiger partial charge in [-0.05, 0) is 50.8 Å². The molecule has 1 aromatic heterocycles. The molecule has 2 fully saturated rings. The van der Waals surface area contributed by atoms with Crippen LogP contribution in [0.25, 0.3) is 0 Å². The molecule has 1 aliphatic carbocycles. The number of ether oxygens (including phenoxy) is 1. The van der Waals surface area contributed by atoms with Crippen molar-refractivity contribution in [3.63, 3.8) is 0 Å². The van der Waals surface area contributed by atoms with E-state index in [0.717, 1.165) is 12.0 Å². The van der Waals surface area contributed by atoms with Crippen molar-refractivity contribution in [1.82, 2.24) is 10.3 Å². The van der Waals surface area contributed by atoms with Crippen molar-refractivity contribution < 1.29 is 4.74 Å². The van der Waals surface area contributed by atoms with Gasteiger partial charge in [0.15, 0.2) is 0 Å². The Morgan fingerprint density at radius 1 is 1.32 bits per heavy atom. The molecular formula is C15H23N3O. The van der Waals surface area contributed by atoms with E-state index in [2.05, 4.69) is 27.3 Å². The Morgan fingerprint density at radius 2 is 2.11 bits per heavy atom. The zero-order chi connectivity index (χ0) is 13.1. The lowest BCUT2D eigenvalue weighted by Crippen LogP contribution is -2.37. The maximum atomic E-state index is 5.25. The second-order valence-corrected chi connectivity index (χ2v) is 5.63. The monoisotopic (exact) mass is 261 g/mol. The molecule has 2 aliphatic rings. The number of rotatable bonds is 5. The van der Waals surface area contributed by atoms with Gasteiger partial charge in [-0.3, -0.25) is 0 Å². The predicted molar refractivity (Wildman–Crippen MR) is 76.8 cm³/mol. The van der Waals surface area contributed by atoms with Crippen LogP contribution in [0.15, 0.2) is 18.3 Å². The van der Waals surface area contributed by atoms with E-state index in [1.165, 1.54) is 51.0 Å². The van der Waals surface area contributed by atoms with Gasteiger partial charge in [0.2, 0.25) is 5.88 Å². The number of nitrogens with one attached hydrogen (secondary N) is 1. The Kier molecular flexibility index (Phi) is 3.87. The maximum Gasteiger partial charge on any atom is 0.214 e. The van der Waals surface area contributed by atoms with Crippen LogP contribution in [0, 0.1) is 5.92 Å². The van der Waals surface area contributed by atoms with E-state index in [1.807, 2.05) is 6.20 Å². The summed E-state index contributed by atoms with van der Waals surface area (Å²) in [5.74, 6) is 1.54. The molecule has 0 radical (unpaired) electrons. The van der Waals surface area contributed by atoms with Crippen LogP contribution in [0.2, 0.25) is 0 Å². The SMILES string of the molecule is COc1cc(N(CC2CCNCC2)C2CC2)ccn1. The standard InChI is InChI=1S/C15H23N3O/c1-19-15-10-14(6-9-17-15)18(13-2-3-13)11-12-4-7-16-8-5-12/h6,9-10,12-13,16H,2-5,7-8,11H2,1H3. The van der Waals surface area contributed by atoms with Gasteiger partial charge in [0.05, 0.1) is 7.11 Å². The number of hydrogen-bond donors (Lipinski definition) is 1. The van der Waals surface area contributed by atoms with E-state index in [4.69, 9.17) is 4.74 Å². The third-order valence-electron chi connectivity index (χ3n) is 4.16. The highest BCUT2D eigenvalue weighted by atomic mass is 16.5. The highest BCUT2D eigenvalue weighted by Gasteiger charge is 2.31. The molecule has 0 bridgehead atoms. The molecule has 19 heavy (non-hydrogen) atoms. The third kappa shape index (κ3) is 3.18. The summed E-state index contributed by atoms with van der Waals surface area (Å²) in [5.41, 5.74) is 1.27. The third-order valence-corrected chi connectivity index (χ3v) is 4.16. The van der Waals surface area contributed by atoms with Crippen LogP contribution in [0.5, 0.6) is 5.88 Å². The summed E-state index contributed by atoms with van der Waals surface area (Å²) in [6.45, 7) is 3.52. The lowest BCUT2D eigenvalue weighted by atomic mass is 9.97. The minimum atomic E-state index is 0.716. The van der Waals surface area contributed by atoms with Gasteiger partial charge >= 0.3 is 0 Å². The van der Waals surface area contributed by atoms with Gasteiger partial charge in [-0.1, -0.05) is 0 Å². The molecule has 1 aromatic rings. The van der Waals surface area contributed by atoms with Gasteiger partial charge in [-0.2, -0.15) is 0 Å². The number of anilines is 1. The van der Waals surface area contributed by atoms with Crippen LogP contribution in [0.3, 0.4) is 0 Å². The first-order valence-corrected chi connectivity index (χ1v) is 7.34. The Labute approximate surface area is 115 Å². The molecule has 2 heterocycles. The number of piperidine rings is 1. The highest BCUT2D eigenvalue weighted by Crippen LogP contribution is 2.34. The Hall–Kier alpha value is -1.29. The lowest BCUT2D eigenvalue weighted by molar-refractivity contribution is 0.372. The molecule has 0 aromatic carbocycles. The van der Waals surface area contributed by atoms with Crippen LogP contribution in [0.1, 0.15) is 25.7 Å². The quantitative estimate of drug-likeness (QED) is 0.880. The average Bonchev–Trinajstić information content (AvgIpc) is 3.30. The zero-order valence-electron chi connectivity index (χ0n) is 11.6. The molecule has 1 saturated heterocycles. The number of nitrogens with zero attached hydrogens (tertiary/aromatic N) is 2. The van der Waals surface area contributed by atoms with E-state index in [9.17, 15) is 0 Å². The summed E-state index contributed by atoms with van der Waals surface area (Å²) in [6.07, 6.45) is 7.11. The Morgan fingerprint density at radius 3 is 2.79 bits per heavy atom. The second kappa shape index (κ2) is 5.78. The van der Waals surface area contributed by atoms with E-state index in [-0.39, 0.29) is 0 Å². The average molecular weight is 261 g/mol. The molecule has 0 spiro atoms. The maximum absolute atomic E-state index is 5.25. The molecule has 1 saturated carbocycles. The largest absolute Gasteiger partial charge is 0.481 e. The zero-order valence-corrected chi connectivity index (χ0v) is 11.6. The molecule has 1 N–H and O–H groups in total. The van der Waals surface area contributed by atoms with E-state index < -0.39 is 0 Å². The first kappa shape index (κ1) is 12.7. The summed E-state index contributed by atoms with van der Waals surface area (Å²) in [7, 11) is 1.68. The molecule has 1 aliphatic heterocycles. The minimum absolute atomic E-state index is 0.716. The van der Waals surface area contributed by atoms with E-state index >= 15 is 0 Å². The Bertz CT molecular complexity index is 414. The summed E-state index contributed by atoms with van der Waals surface area (Å²) < 4.78 is 5.25. The smallest absolute Gasteiger partial charge is 0.214 e. The summed E-state index contributed by atoms with van der Waals surface area (Å²) in [5, 5.41) is 3.44. The van der Waals surface area contributed by atoms with Crippen LogP contribution in [-0.4, -0.2) is 37.8 Å². The van der Waals surface area contributed by atoms with Crippen LogP contribution < -0.4 is 15.0 Å². The fraction of sp³-hybridized carbons (Fsp3) is 0.667. The van der Waals surface area contributed by atoms with E-state index in [0.29, 0.717) is 5.88 Å². The highest BCUT2D eigenvalue weighted by molar-refractivity contribution is 5.50. The second-order valence-electron chi connectivity index (χ2n) is 5.63. The van der Waals surface area contributed by atoms with Crippen molar-refractivity contribution in [2.75, 3.05) is 31.6 Å². The molecular weight excluding hydrogens is 238 g/mol. The van der Waals surface area contributed by atoms with Gasteiger partial charge in [0.1, 0.15) is 0 Å². The number of pyridine rings is 1. The minimum Gasteiger partial charge on any atom is -0.481 e. The predicted octanol–water partition coefficient (Wildman–Crippen LogP) is 2.06. The summed E-state index contributed by atoms with van der Waals surface area (Å²) in [4.78, 5) is 6.78. The summed E-state index contributed by atoms with van der Waals surface area (Å²) in [6, 6.07) is 4.92. The fourth-order valence-corrected chi connectivity index (χ4v) is 2.88. The van der Waals surface area contributed by atoms with Gasteiger partial charge in [-0.25, -0.2) is 4.98 Å². The molecule has 0 unspecified atom stereocenters. The van der Waals surface area contributed by atoms with Crippen LogP contribution >= 0.6 is 0 Å². The topological polar surface area (TPSA) is 37.4 Å². The molecule has 3 rings (SSSR count). The van der Waals surface area contributed by atoms with E-state index in [1.54, 1.807) is 7.11 Å². The number of methoxy groups -OCH3 is 1. The van der Waals surface area contributed by atoms with Gasteiger partial charge < -0.3 is 15.0 Å². The van der Waals surface area contributed by atoms with Crippen molar-refractivity contribution in [1.29, 1.82) is 0 Å². The van der Waals surface area contributed by atoms with Crippen molar-refractivity contribution >= 4 is 5.69 Å². The van der Waals surface area contributed by atoms with Crippen molar-refractivity contribution in [2.24, 2.45) is 5.92 Å². The van der Waals surface area contributed by atoms with Gasteiger partial charge in [0, 0.05) is 30.5 Å². The van der Waals surface area contributed by atoms with Crippen molar-refractivity contribution in [3.8, 4) is 5.88 Å². The first-order chi connectivity index (χ1) is 9.36. The molecule has 0 amide bonds. The molecule has 4 nitrogen and oxygen atoms in total. The molecule has 4 heteroatoms. The lowest BCUT2D eigenvalue weighted by Gasteiger charge is -2.31. The summed E-state index contributed by atoms with van der Waals surface area (Å²) >= 11 is 0. The van der Waals surface area contributed by atoms with Crippen LogP contribution in [0.4, 0.5) is 5.69 Å². The Balaban J connectivity index is 1.72. The number of aromatic nitrogens is 1. The van der Waals surface area contributed by atoms with Crippen LogP contribution in [-0.2, 0) is 0 Å². The first-order valence-electron chi connectivity index (χ1n) is 7.34. The van der Waals surface area contributed by atoms with Gasteiger partial charge in [-0.15, -0.1) is 0 Å². The number of hydrogen-bond acceptors (Lipinski definition) is 4. The molecule has 0 atom stereocenters.